The van der Waals surface area contributed by atoms with Crippen molar-refractivity contribution in [3.63, 3.8) is 0 Å². The van der Waals surface area contributed by atoms with Crippen molar-refractivity contribution < 1.29 is 17.5 Å². The van der Waals surface area contributed by atoms with E-state index in [0.717, 1.165) is 12.3 Å². The van der Waals surface area contributed by atoms with Crippen LogP contribution in [0.25, 0.3) is 0 Å². The van der Waals surface area contributed by atoms with Crippen LogP contribution in [0.3, 0.4) is 0 Å². The zero-order chi connectivity index (χ0) is 11.1. The topological polar surface area (TPSA) is 101 Å². The van der Waals surface area contributed by atoms with Gasteiger partial charge >= 0.3 is 10.4 Å². The second-order valence-corrected chi connectivity index (χ2v) is 4.07. The molecule has 0 saturated heterocycles. The highest BCUT2D eigenvalue weighted by molar-refractivity contribution is 7.79. The average molecular weight is 213 g/mol. The van der Waals surface area contributed by atoms with Gasteiger partial charge in [0.1, 0.15) is 0 Å². The third-order valence-electron chi connectivity index (χ3n) is 1.47. The monoisotopic (exact) mass is 213 g/mol. The van der Waals surface area contributed by atoms with Crippen molar-refractivity contribution in [2.75, 3.05) is 0 Å². The Bertz CT molecular complexity index is 193. The number of nitrogens with two attached hydrogens (primary N) is 1. The summed E-state index contributed by atoms with van der Waals surface area (Å²) in [6.45, 7) is 6.50. The Hall–Kier alpha value is -0.170. The van der Waals surface area contributed by atoms with Gasteiger partial charge in [0.25, 0.3) is 0 Å². The van der Waals surface area contributed by atoms with Crippen LogP contribution in [0.15, 0.2) is 0 Å². The van der Waals surface area contributed by atoms with Gasteiger partial charge in [-0.05, 0) is 19.3 Å². The zero-order valence-corrected chi connectivity index (χ0v) is 9.08. The Morgan fingerprint density at radius 3 is 1.69 bits per heavy atom. The predicted octanol–water partition coefficient (Wildman–Crippen LogP) is 1.12. The summed E-state index contributed by atoms with van der Waals surface area (Å²) in [4.78, 5) is 0. The van der Waals surface area contributed by atoms with Gasteiger partial charge in [-0.25, -0.2) is 0 Å². The molecule has 0 aromatic heterocycles. The van der Waals surface area contributed by atoms with Gasteiger partial charge in [0.2, 0.25) is 0 Å². The Balaban J connectivity index is 0. The van der Waals surface area contributed by atoms with Gasteiger partial charge in [-0.2, -0.15) is 8.42 Å². The molecule has 0 amide bonds. The summed E-state index contributed by atoms with van der Waals surface area (Å²) >= 11 is 0. The van der Waals surface area contributed by atoms with Crippen LogP contribution in [0.5, 0.6) is 0 Å². The third kappa shape index (κ3) is 33.6. The molecular weight excluding hydrogens is 194 g/mol. The molecule has 2 atom stereocenters. The van der Waals surface area contributed by atoms with Crippen LogP contribution >= 0.6 is 0 Å². The summed E-state index contributed by atoms with van der Waals surface area (Å²) in [5, 5.41) is 0. The van der Waals surface area contributed by atoms with Crippen LogP contribution in [-0.4, -0.2) is 23.6 Å². The summed E-state index contributed by atoms with van der Waals surface area (Å²) < 4.78 is 31.6. The van der Waals surface area contributed by atoms with E-state index < -0.39 is 10.4 Å². The molecule has 0 aromatic rings. The summed E-state index contributed by atoms with van der Waals surface area (Å²) in [6.07, 6.45) is 2.41. The number of hydrogen-bond donors (Lipinski definition) is 3. The minimum Gasteiger partial charge on any atom is -0.328 e. The molecule has 0 aliphatic carbocycles. The lowest BCUT2D eigenvalue weighted by atomic mass is 10.0. The van der Waals surface area contributed by atoms with Gasteiger partial charge in [-0.15, -0.1) is 0 Å². The van der Waals surface area contributed by atoms with Gasteiger partial charge in [0.05, 0.1) is 0 Å². The first kappa shape index (κ1) is 15.3. The van der Waals surface area contributed by atoms with E-state index in [2.05, 4.69) is 20.8 Å². The maximum Gasteiger partial charge on any atom is 0.394 e. The van der Waals surface area contributed by atoms with E-state index in [4.69, 9.17) is 23.3 Å². The summed E-state index contributed by atoms with van der Waals surface area (Å²) in [5.74, 6) is 0.801. The lowest BCUT2D eigenvalue weighted by Gasteiger charge is -2.09. The Kier molecular flexibility index (Phi) is 8.54. The fourth-order valence-electron chi connectivity index (χ4n) is 0.801. The largest absolute Gasteiger partial charge is 0.394 e. The molecule has 0 spiro atoms. The van der Waals surface area contributed by atoms with Crippen molar-refractivity contribution in [3.8, 4) is 0 Å². The smallest absolute Gasteiger partial charge is 0.328 e. The number of rotatable bonds is 3. The zero-order valence-electron chi connectivity index (χ0n) is 8.27. The molecule has 0 aromatic carbocycles. The van der Waals surface area contributed by atoms with Gasteiger partial charge in [0, 0.05) is 6.04 Å². The molecule has 13 heavy (non-hydrogen) atoms. The van der Waals surface area contributed by atoms with Crippen LogP contribution in [-0.2, 0) is 10.4 Å². The van der Waals surface area contributed by atoms with E-state index in [1.165, 1.54) is 6.42 Å². The molecule has 5 nitrogen and oxygen atoms in total. The lowest BCUT2D eigenvalue weighted by Crippen LogP contribution is -2.17. The highest BCUT2D eigenvalue weighted by Gasteiger charge is 2.00. The first-order valence-corrected chi connectivity index (χ1v) is 5.52. The molecule has 0 rings (SSSR count). The fraction of sp³-hybridized carbons (Fsp3) is 1.00. The third-order valence-corrected chi connectivity index (χ3v) is 1.47. The second kappa shape index (κ2) is 7.25. The summed E-state index contributed by atoms with van der Waals surface area (Å²) in [6, 6.07) is 0.380. The van der Waals surface area contributed by atoms with E-state index in [1.807, 2.05) is 0 Å². The Morgan fingerprint density at radius 1 is 1.31 bits per heavy atom. The quantitative estimate of drug-likeness (QED) is 0.610. The van der Waals surface area contributed by atoms with Crippen molar-refractivity contribution in [1.29, 1.82) is 0 Å². The lowest BCUT2D eigenvalue weighted by molar-refractivity contribution is 0.381. The minimum absolute atomic E-state index is 0.380. The van der Waals surface area contributed by atoms with E-state index in [1.54, 1.807) is 0 Å². The molecule has 0 fully saturated rings. The van der Waals surface area contributed by atoms with E-state index in [0.29, 0.717) is 6.04 Å². The second-order valence-electron chi connectivity index (χ2n) is 3.17. The maximum atomic E-state index is 8.74. The predicted molar refractivity (Wildman–Crippen MR) is 51.9 cm³/mol. The first-order chi connectivity index (χ1) is 5.66. The standard InChI is InChI=1S/C7H17N.H2O4S/c1-4-6(2)5-7(3)8;1-5(2,3)4/h6-7H,4-5,8H2,1-3H3;(H2,1,2,3,4). The molecule has 0 bridgehead atoms. The van der Waals surface area contributed by atoms with Crippen LogP contribution in [0, 0.1) is 5.92 Å². The van der Waals surface area contributed by atoms with E-state index >= 15 is 0 Å². The molecule has 0 aliphatic rings. The molecular formula is C7H19NO4S. The Labute approximate surface area is 79.9 Å². The van der Waals surface area contributed by atoms with Crippen LogP contribution in [0.4, 0.5) is 0 Å². The van der Waals surface area contributed by atoms with Crippen LogP contribution in [0.2, 0.25) is 0 Å². The molecule has 0 heterocycles. The van der Waals surface area contributed by atoms with Gasteiger partial charge in [0.15, 0.2) is 0 Å². The normalized spacial score (nSPS) is 15.5. The Morgan fingerprint density at radius 2 is 1.62 bits per heavy atom. The van der Waals surface area contributed by atoms with E-state index in [9.17, 15) is 0 Å². The molecule has 0 saturated carbocycles. The van der Waals surface area contributed by atoms with Crippen molar-refractivity contribution >= 4 is 10.4 Å². The van der Waals surface area contributed by atoms with Gasteiger partial charge in [-0.3, -0.25) is 9.11 Å². The SMILES string of the molecule is CCC(C)CC(C)N.O=S(=O)(O)O. The van der Waals surface area contributed by atoms with Gasteiger partial charge in [-0.1, -0.05) is 20.3 Å². The number of hydrogen-bond acceptors (Lipinski definition) is 3. The average Bonchev–Trinajstić information content (AvgIpc) is 1.82. The minimum atomic E-state index is -4.67. The molecule has 82 valence electrons. The molecule has 4 N–H and O–H groups in total. The summed E-state index contributed by atoms with van der Waals surface area (Å²) in [7, 11) is -4.67. The van der Waals surface area contributed by atoms with Crippen LogP contribution in [0.1, 0.15) is 33.6 Å². The first-order valence-electron chi connectivity index (χ1n) is 4.12. The van der Waals surface area contributed by atoms with E-state index in [-0.39, 0.29) is 0 Å². The van der Waals surface area contributed by atoms with Crippen molar-refractivity contribution in [2.24, 2.45) is 11.7 Å². The highest BCUT2D eigenvalue weighted by atomic mass is 32.3. The molecule has 0 radical (unpaired) electrons. The van der Waals surface area contributed by atoms with Crippen molar-refractivity contribution in [1.82, 2.24) is 0 Å². The van der Waals surface area contributed by atoms with Gasteiger partial charge < -0.3 is 5.73 Å². The molecule has 6 heteroatoms. The molecule has 2 unspecified atom stereocenters. The van der Waals surface area contributed by atoms with Crippen LogP contribution < -0.4 is 5.73 Å². The highest BCUT2D eigenvalue weighted by Crippen LogP contribution is 2.07. The fourth-order valence-corrected chi connectivity index (χ4v) is 0.801. The maximum absolute atomic E-state index is 8.74. The van der Waals surface area contributed by atoms with Crippen molar-refractivity contribution in [2.45, 2.75) is 39.7 Å². The van der Waals surface area contributed by atoms with Crippen molar-refractivity contribution in [3.05, 3.63) is 0 Å². The summed E-state index contributed by atoms with van der Waals surface area (Å²) in [5.41, 5.74) is 5.57. The molecule has 0 aliphatic heterocycles.